The van der Waals surface area contributed by atoms with Crippen molar-refractivity contribution in [1.82, 2.24) is 14.8 Å². The van der Waals surface area contributed by atoms with Crippen LogP contribution >= 0.6 is 11.8 Å². The highest BCUT2D eigenvalue weighted by Gasteiger charge is 2.22. The first-order valence-electron chi connectivity index (χ1n) is 6.84. The molecule has 3 nitrogen and oxygen atoms in total. The summed E-state index contributed by atoms with van der Waals surface area (Å²) < 4.78 is 2.15. The van der Waals surface area contributed by atoms with E-state index in [9.17, 15) is 0 Å². The zero-order valence-electron chi connectivity index (χ0n) is 10.6. The van der Waals surface area contributed by atoms with Crippen LogP contribution in [0.2, 0.25) is 0 Å². The second kappa shape index (κ2) is 5.01. The van der Waals surface area contributed by atoms with Crippen LogP contribution in [0.1, 0.15) is 50.2 Å². The normalized spacial score (nSPS) is 29.0. The van der Waals surface area contributed by atoms with Crippen molar-refractivity contribution in [2.75, 3.05) is 11.5 Å². The average Bonchev–Trinajstić information content (AvgIpc) is 2.74. The van der Waals surface area contributed by atoms with Gasteiger partial charge in [-0.15, -0.1) is 0 Å². The van der Waals surface area contributed by atoms with Gasteiger partial charge in [0.05, 0.1) is 0 Å². The van der Waals surface area contributed by atoms with Crippen molar-refractivity contribution < 1.29 is 0 Å². The van der Waals surface area contributed by atoms with Gasteiger partial charge < -0.3 is 0 Å². The number of hydrogen-bond donors (Lipinski definition) is 0. The fraction of sp³-hybridized carbons (Fsp3) is 0.846. The highest BCUT2D eigenvalue weighted by molar-refractivity contribution is 7.99. The van der Waals surface area contributed by atoms with Crippen molar-refractivity contribution in [3.05, 3.63) is 11.6 Å². The topological polar surface area (TPSA) is 30.7 Å². The van der Waals surface area contributed by atoms with Gasteiger partial charge in [0.15, 0.2) is 5.82 Å². The van der Waals surface area contributed by atoms with Gasteiger partial charge in [-0.05, 0) is 43.1 Å². The number of rotatable bonds is 2. The fourth-order valence-corrected chi connectivity index (χ4v) is 4.08. The molecule has 4 heteroatoms. The third-order valence-corrected chi connectivity index (χ3v) is 5.20. The van der Waals surface area contributed by atoms with Crippen LogP contribution in [-0.4, -0.2) is 26.3 Å². The molecular weight excluding hydrogens is 230 g/mol. The number of hydrogen-bond acceptors (Lipinski definition) is 3. The highest BCUT2D eigenvalue weighted by atomic mass is 32.2. The van der Waals surface area contributed by atoms with E-state index in [0.717, 1.165) is 24.7 Å². The van der Waals surface area contributed by atoms with Gasteiger partial charge in [0.1, 0.15) is 5.82 Å². The lowest BCUT2D eigenvalue weighted by Gasteiger charge is -2.19. The van der Waals surface area contributed by atoms with E-state index in [4.69, 9.17) is 10.1 Å². The van der Waals surface area contributed by atoms with Crippen LogP contribution in [0.3, 0.4) is 0 Å². The third-order valence-electron chi connectivity index (χ3n) is 3.92. The lowest BCUT2D eigenvalue weighted by Crippen LogP contribution is -2.15. The first kappa shape index (κ1) is 11.6. The Morgan fingerprint density at radius 2 is 2.29 bits per heavy atom. The summed E-state index contributed by atoms with van der Waals surface area (Å²) in [7, 11) is 0. The Morgan fingerprint density at radius 3 is 3.06 bits per heavy atom. The molecule has 17 heavy (non-hydrogen) atoms. The molecule has 2 aliphatic rings. The lowest BCUT2D eigenvalue weighted by atomic mass is 10.0. The van der Waals surface area contributed by atoms with Crippen LogP contribution in [0.25, 0.3) is 0 Å². The Morgan fingerprint density at radius 1 is 1.35 bits per heavy atom. The predicted molar refractivity (Wildman–Crippen MR) is 71.4 cm³/mol. The van der Waals surface area contributed by atoms with E-state index in [-0.39, 0.29) is 0 Å². The molecule has 0 N–H and O–H groups in total. The van der Waals surface area contributed by atoms with Crippen LogP contribution in [0.4, 0.5) is 0 Å². The molecule has 1 aromatic rings. The van der Waals surface area contributed by atoms with Gasteiger partial charge in [-0.2, -0.15) is 16.9 Å². The number of thioether (sulfide) groups is 1. The van der Waals surface area contributed by atoms with Gasteiger partial charge in [0, 0.05) is 18.9 Å². The third kappa shape index (κ3) is 2.51. The van der Waals surface area contributed by atoms with E-state index >= 15 is 0 Å². The molecule has 1 fully saturated rings. The first-order valence-corrected chi connectivity index (χ1v) is 8.00. The van der Waals surface area contributed by atoms with Crippen molar-refractivity contribution >= 4 is 11.8 Å². The number of fused-ring (bicyclic) bond motifs is 1. The smallest absolute Gasteiger partial charge is 0.151 e. The molecule has 0 saturated carbocycles. The maximum Gasteiger partial charge on any atom is 0.151 e. The second-order valence-electron chi connectivity index (χ2n) is 5.44. The summed E-state index contributed by atoms with van der Waals surface area (Å²) >= 11 is 2.10. The molecule has 0 radical (unpaired) electrons. The predicted octanol–water partition coefficient (Wildman–Crippen LogP) is 2.86. The largest absolute Gasteiger partial charge is 0.250 e. The SMILES string of the molecule is CC1CCCn2nc(CC3CCCSC3)nc21. The molecule has 3 rings (SSSR count). The second-order valence-corrected chi connectivity index (χ2v) is 6.59. The maximum atomic E-state index is 4.77. The molecule has 2 unspecified atom stereocenters. The number of aryl methyl sites for hydroxylation is 1. The van der Waals surface area contributed by atoms with Crippen molar-refractivity contribution in [1.29, 1.82) is 0 Å². The van der Waals surface area contributed by atoms with Gasteiger partial charge in [0.25, 0.3) is 0 Å². The molecule has 0 spiro atoms. The summed E-state index contributed by atoms with van der Waals surface area (Å²) in [6.45, 7) is 3.35. The monoisotopic (exact) mass is 251 g/mol. The Hall–Kier alpha value is -0.510. The molecule has 94 valence electrons. The Balaban J connectivity index is 1.71. The maximum absolute atomic E-state index is 4.77. The number of aromatic nitrogens is 3. The van der Waals surface area contributed by atoms with Crippen LogP contribution in [0.15, 0.2) is 0 Å². The average molecular weight is 251 g/mol. The summed E-state index contributed by atoms with van der Waals surface area (Å²) in [5.41, 5.74) is 0. The molecule has 0 amide bonds. The van der Waals surface area contributed by atoms with Crippen LogP contribution in [-0.2, 0) is 13.0 Å². The van der Waals surface area contributed by atoms with Gasteiger partial charge in [-0.25, -0.2) is 9.67 Å². The Kier molecular flexibility index (Phi) is 3.41. The standard InChI is InChI=1S/C13H21N3S/c1-10-4-2-6-16-13(10)14-12(15-16)8-11-5-3-7-17-9-11/h10-11H,2-9H2,1H3. The minimum atomic E-state index is 0.603. The fourth-order valence-electron chi connectivity index (χ4n) is 2.92. The van der Waals surface area contributed by atoms with Crippen molar-refractivity contribution in [3.63, 3.8) is 0 Å². The summed E-state index contributed by atoms with van der Waals surface area (Å²) in [5, 5.41) is 4.69. The van der Waals surface area contributed by atoms with Crippen LogP contribution in [0.5, 0.6) is 0 Å². The van der Waals surface area contributed by atoms with Crippen LogP contribution in [0, 0.1) is 5.92 Å². The van der Waals surface area contributed by atoms with Gasteiger partial charge >= 0.3 is 0 Å². The molecule has 1 aromatic heterocycles. The zero-order valence-corrected chi connectivity index (χ0v) is 11.4. The van der Waals surface area contributed by atoms with E-state index in [0.29, 0.717) is 5.92 Å². The van der Waals surface area contributed by atoms with E-state index in [1.54, 1.807) is 0 Å². The van der Waals surface area contributed by atoms with Gasteiger partial charge in [-0.3, -0.25) is 0 Å². The summed E-state index contributed by atoms with van der Waals surface area (Å²) in [6, 6.07) is 0. The van der Waals surface area contributed by atoms with Crippen molar-refractivity contribution in [2.45, 2.75) is 51.5 Å². The van der Waals surface area contributed by atoms with E-state index in [1.165, 1.54) is 43.0 Å². The zero-order chi connectivity index (χ0) is 11.7. The minimum Gasteiger partial charge on any atom is -0.250 e. The summed E-state index contributed by atoms with van der Waals surface area (Å²) in [5.74, 6) is 6.40. The highest BCUT2D eigenvalue weighted by Crippen LogP contribution is 2.27. The van der Waals surface area contributed by atoms with E-state index < -0.39 is 0 Å². The quantitative estimate of drug-likeness (QED) is 0.810. The summed E-state index contributed by atoms with van der Waals surface area (Å²) in [4.78, 5) is 4.77. The van der Waals surface area contributed by atoms with Crippen LogP contribution < -0.4 is 0 Å². The van der Waals surface area contributed by atoms with E-state index in [2.05, 4.69) is 23.4 Å². The molecular formula is C13H21N3S. The summed E-state index contributed by atoms with van der Waals surface area (Å²) in [6.07, 6.45) is 6.37. The molecule has 0 aliphatic carbocycles. The first-order chi connectivity index (χ1) is 8.33. The van der Waals surface area contributed by atoms with Gasteiger partial charge in [0.2, 0.25) is 0 Å². The van der Waals surface area contributed by atoms with E-state index in [1.807, 2.05) is 0 Å². The lowest BCUT2D eigenvalue weighted by molar-refractivity contribution is 0.430. The molecule has 2 atom stereocenters. The molecule has 1 saturated heterocycles. The minimum absolute atomic E-state index is 0.603. The molecule has 0 bridgehead atoms. The molecule has 3 heterocycles. The van der Waals surface area contributed by atoms with Crippen molar-refractivity contribution in [3.8, 4) is 0 Å². The Labute approximate surface area is 107 Å². The Bertz CT molecular complexity index is 382. The van der Waals surface area contributed by atoms with Crippen molar-refractivity contribution in [2.24, 2.45) is 5.92 Å². The van der Waals surface area contributed by atoms with Gasteiger partial charge in [-0.1, -0.05) is 6.92 Å². The number of nitrogens with zero attached hydrogens (tertiary/aromatic N) is 3. The molecule has 2 aliphatic heterocycles. The molecule has 0 aromatic carbocycles.